The van der Waals surface area contributed by atoms with Crippen LogP contribution in [0.5, 0.6) is 0 Å². The number of nitrogens with zero attached hydrogens (tertiary/aromatic N) is 2. The topological polar surface area (TPSA) is 52.7 Å². The number of urea groups is 1. The van der Waals surface area contributed by atoms with Gasteiger partial charge in [0.25, 0.3) is 0 Å². The molecule has 1 N–H and O–H groups in total. The van der Waals surface area contributed by atoms with E-state index in [1.165, 1.54) is 11.1 Å². The number of anilines is 1. The first-order chi connectivity index (χ1) is 12.2. The van der Waals surface area contributed by atoms with Crippen molar-refractivity contribution in [3.05, 3.63) is 65.7 Å². The molecule has 0 saturated carbocycles. The Bertz CT molecular complexity index is 791. The van der Waals surface area contributed by atoms with Crippen LogP contribution in [0.25, 0.3) is 0 Å². The summed E-state index contributed by atoms with van der Waals surface area (Å²) in [6.07, 6.45) is 1.23. The fraction of sp³-hybridized carbons (Fsp3) is 0.300. The molecular weight excluding hydrogens is 314 g/mol. The summed E-state index contributed by atoms with van der Waals surface area (Å²) in [6.45, 7) is 1.87. The SMILES string of the molecule is O=C(N[C@H]1CC(=O)N(c2ccccc2)C1)N1CCc2ccccc2C1. The molecule has 5 heteroatoms. The van der Waals surface area contributed by atoms with Crippen LogP contribution < -0.4 is 10.2 Å². The maximum atomic E-state index is 12.6. The summed E-state index contributed by atoms with van der Waals surface area (Å²) in [5.74, 6) is 0.0560. The summed E-state index contributed by atoms with van der Waals surface area (Å²) in [7, 11) is 0. The Hall–Kier alpha value is -2.82. The normalized spacial score (nSPS) is 19.7. The summed E-state index contributed by atoms with van der Waals surface area (Å²) in [4.78, 5) is 28.4. The highest BCUT2D eigenvalue weighted by atomic mass is 16.2. The number of fused-ring (bicyclic) bond motifs is 1. The molecule has 0 bridgehead atoms. The molecule has 0 spiro atoms. The van der Waals surface area contributed by atoms with E-state index in [1.807, 2.05) is 47.4 Å². The highest BCUT2D eigenvalue weighted by Gasteiger charge is 2.32. The maximum Gasteiger partial charge on any atom is 0.318 e. The van der Waals surface area contributed by atoms with Gasteiger partial charge in [-0.05, 0) is 29.7 Å². The minimum absolute atomic E-state index is 0.0560. The predicted octanol–water partition coefficient (Wildman–Crippen LogP) is 2.56. The Labute approximate surface area is 147 Å². The van der Waals surface area contributed by atoms with Gasteiger partial charge in [0.2, 0.25) is 5.91 Å². The molecule has 5 nitrogen and oxygen atoms in total. The van der Waals surface area contributed by atoms with Crippen molar-refractivity contribution < 1.29 is 9.59 Å². The first-order valence-corrected chi connectivity index (χ1v) is 8.68. The lowest BCUT2D eigenvalue weighted by atomic mass is 10.0. The van der Waals surface area contributed by atoms with Gasteiger partial charge < -0.3 is 15.1 Å². The minimum atomic E-state index is -0.141. The summed E-state index contributed by atoms with van der Waals surface area (Å²) in [5.41, 5.74) is 3.41. The third kappa shape index (κ3) is 3.22. The van der Waals surface area contributed by atoms with Crippen molar-refractivity contribution in [2.45, 2.75) is 25.4 Å². The minimum Gasteiger partial charge on any atom is -0.333 e. The van der Waals surface area contributed by atoms with Gasteiger partial charge in [0.1, 0.15) is 0 Å². The lowest BCUT2D eigenvalue weighted by Crippen LogP contribution is -2.47. The van der Waals surface area contributed by atoms with Gasteiger partial charge in [0.15, 0.2) is 0 Å². The Kier molecular flexibility index (Phi) is 4.14. The molecule has 2 heterocycles. The quantitative estimate of drug-likeness (QED) is 0.917. The van der Waals surface area contributed by atoms with Gasteiger partial charge >= 0.3 is 6.03 Å². The van der Waals surface area contributed by atoms with E-state index in [2.05, 4.69) is 17.4 Å². The number of nitrogens with one attached hydrogen (secondary N) is 1. The third-order valence-corrected chi connectivity index (χ3v) is 4.94. The van der Waals surface area contributed by atoms with Crippen molar-refractivity contribution in [1.82, 2.24) is 10.2 Å². The first-order valence-electron chi connectivity index (χ1n) is 8.68. The van der Waals surface area contributed by atoms with E-state index in [4.69, 9.17) is 0 Å². The highest BCUT2D eigenvalue weighted by Crippen LogP contribution is 2.22. The number of benzene rings is 2. The fourth-order valence-corrected chi connectivity index (χ4v) is 3.60. The molecule has 0 aliphatic carbocycles. The number of hydrogen-bond donors (Lipinski definition) is 1. The molecule has 0 aromatic heterocycles. The Morgan fingerprint density at radius 3 is 2.52 bits per heavy atom. The number of amides is 3. The molecule has 25 heavy (non-hydrogen) atoms. The molecule has 2 aromatic rings. The molecule has 2 aliphatic rings. The van der Waals surface area contributed by atoms with E-state index in [1.54, 1.807) is 4.90 Å². The van der Waals surface area contributed by atoms with Crippen LogP contribution in [-0.4, -0.2) is 36.0 Å². The maximum absolute atomic E-state index is 12.6. The van der Waals surface area contributed by atoms with Gasteiger partial charge in [-0.1, -0.05) is 42.5 Å². The highest BCUT2D eigenvalue weighted by molar-refractivity contribution is 5.96. The molecule has 2 aliphatic heterocycles. The van der Waals surface area contributed by atoms with Gasteiger partial charge in [0, 0.05) is 31.7 Å². The third-order valence-electron chi connectivity index (χ3n) is 4.94. The van der Waals surface area contributed by atoms with E-state index < -0.39 is 0 Å². The summed E-state index contributed by atoms with van der Waals surface area (Å²) >= 11 is 0. The molecule has 1 saturated heterocycles. The standard InChI is InChI=1S/C20H21N3O2/c24-19-12-17(14-23(19)18-8-2-1-3-9-18)21-20(25)22-11-10-15-6-4-5-7-16(15)13-22/h1-9,17H,10-14H2,(H,21,25)/t17-/m0/s1. The number of hydrogen-bond acceptors (Lipinski definition) is 2. The molecule has 1 atom stereocenters. The van der Waals surface area contributed by atoms with Gasteiger partial charge in [-0.3, -0.25) is 4.79 Å². The fourth-order valence-electron chi connectivity index (χ4n) is 3.60. The van der Waals surface area contributed by atoms with Crippen molar-refractivity contribution in [2.24, 2.45) is 0 Å². The lowest BCUT2D eigenvalue weighted by molar-refractivity contribution is -0.117. The zero-order valence-electron chi connectivity index (χ0n) is 14.0. The van der Waals surface area contributed by atoms with Crippen LogP contribution in [0, 0.1) is 0 Å². The summed E-state index contributed by atoms with van der Waals surface area (Å²) in [6, 6.07) is 17.6. The zero-order valence-corrected chi connectivity index (χ0v) is 14.0. The average molecular weight is 335 g/mol. The van der Waals surface area contributed by atoms with Gasteiger partial charge in [-0.25, -0.2) is 4.79 Å². The van der Waals surface area contributed by atoms with Crippen LogP contribution >= 0.6 is 0 Å². The first kappa shape index (κ1) is 15.7. The zero-order chi connectivity index (χ0) is 17.2. The average Bonchev–Trinajstić information content (AvgIpc) is 3.02. The molecule has 3 amide bonds. The van der Waals surface area contributed by atoms with Crippen LogP contribution in [0.15, 0.2) is 54.6 Å². The van der Waals surface area contributed by atoms with Crippen LogP contribution in [0.4, 0.5) is 10.5 Å². The van der Waals surface area contributed by atoms with E-state index in [-0.39, 0.29) is 18.0 Å². The number of carbonyl (C=O) groups is 2. The van der Waals surface area contributed by atoms with Crippen molar-refractivity contribution >= 4 is 17.6 Å². The predicted molar refractivity (Wildman–Crippen MR) is 96.3 cm³/mol. The summed E-state index contributed by atoms with van der Waals surface area (Å²) in [5, 5.41) is 3.03. The van der Waals surface area contributed by atoms with E-state index in [0.29, 0.717) is 26.1 Å². The van der Waals surface area contributed by atoms with Crippen LogP contribution in [0.2, 0.25) is 0 Å². The van der Waals surface area contributed by atoms with Gasteiger partial charge in [-0.15, -0.1) is 0 Å². The van der Waals surface area contributed by atoms with Crippen LogP contribution in [-0.2, 0) is 17.8 Å². The van der Waals surface area contributed by atoms with Crippen LogP contribution in [0.3, 0.4) is 0 Å². The monoisotopic (exact) mass is 335 g/mol. The second kappa shape index (κ2) is 6.59. The Balaban J connectivity index is 1.38. The summed E-state index contributed by atoms with van der Waals surface area (Å²) < 4.78 is 0. The molecule has 1 fully saturated rings. The number of para-hydroxylation sites is 1. The number of rotatable bonds is 2. The second-order valence-electron chi connectivity index (χ2n) is 6.63. The molecule has 0 radical (unpaired) electrons. The molecule has 4 rings (SSSR count). The van der Waals surface area contributed by atoms with Crippen molar-refractivity contribution in [3.8, 4) is 0 Å². The van der Waals surface area contributed by atoms with Crippen molar-refractivity contribution in [1.29, 1.82) is 0 Å². The van der Waals surface area contributed by atoms with Crippen LogP contribution in [0.1, 0.15) is 17.5 Å². The van der Waals surface area contributed by atoms with Crippen molar-refractivity contribution in [2.75, 3.05) is 18.0 Å². The van der Waals surface area contributed by atoms with Gasteiger partial charge in [0.05, 0.1) is 6.04 Å². The molecule has 128 valence electrons. The van der Waals surface area contributed by atoms with E-state index in [9.17, 15) is 9.59 Å². The van der Waals surface area contributed by atoms with E-state index in [0.717, 1.165) is 12.1 Å². The Morgan fingerprint density at radius 2 is 1.72 bits per heavy atom. The molecular formula is C20H21N3O2. The van der Waals surface area contributed by atoms with E-state index >= 15 is 0 Å². The van der Waals surface area contributed by atoms with Crippen molar-refractivity contribution in [3.63, 3.8) is 0 Å². The largest absolute Gasteiger partial charge is 0.333 e. The Morgan fingerprint density at radius 1 is 1.00 bits per heavy atom. The number of carbonyl (C=O) groups excluding carboxylic acids is 2. The smallest absolute Gasteiger partial charge is 0.318 e. The molecule has 0 unspecified atom stereocenters. The second-order valence-corrected chi connectivity index (χ2v) is 6.63. The lowest BCUT2D eigenvalue weighted by Gasteiger charge is -2.30. The molecule has 2 aromatic carbocycles. The van der Waals surface area contributed by atoms with Gasteiger partial charge in [-0.2, -0.15) is 0 Å².